The van der Waals surface area contributed by atoms with Crippen molar-refractivity contribution in [3.8, 4) is 11.6 Å². The van der Waals surface area contributed by atoms with Crippen molar-refractivity contribution < 1.29 is 9.21 Å². The third-order valence-corrected chi connectivity index (χ3v) is 2.49. The molecule has 6 nitrogen and oxygen atoms in total. The van der Waals surface area contributed by atoms with Crippen LogP contribution in [0.3, 0.4) is 0 Å². The van der Waals surface area contributed by atoms with Gasteiger partial charge >= 0.3 is 0 Å². The number of nitrogens with zero attached hydrogens (tertiary/aromatic N) is 2. The molecule has 0 radical (unpaired) electrons. The number of furan rings is 1. The average molecular weight is 272 g/mol. The molecule has 2 N–H and O–H groups in total. The van der Waals surface area contributed by atoms with Crippen molar-refractivity contribution >= 4 is 5.91 Å². The summed E-state index contributed by atoms with van der Waals surface area (Å²) < 4.78 is 5.20. The number of hydrogen-bond acceptors (Lipinski definition) is 4. The molecule has 1 amide bonds. The van der Waals surface area contributed by atoms with Gasteiger partial charge < -0.3 is 9.73 Å². The molecule has 2 heterocycles. The summed E-state index contributed by atoms with van der Waals surface area (Å²) in [5.74, 6) is 1.71. The van der Waals surface area contributed by atoms with E-state index in [9.17, 15) is 4.79 Å². The van der Waals surface area contributed by atoms with E-state index < -0.39 is 0 Å². The zero-order valence-electron chi connectivity index (χ0n) is 11.2. The van der Waals surface area contributed by atoms with E-state index in [1.807, 2.05) is 13.0 Å². The van der Waals surface area contributed by atoms with E-state index in [0.29, 0.717) is 30.4 Å². The second kappa shape index (κ2) is 7.08. The minimum atomic E-state index is -0.131. The number of rotatable bonds is 6. The molecule has 2 aromatic heterocycles. The number of aromatic nitrogens is 3. The maximum Gasteiger partial charge on any atom is 0.243 e. The molecule has 20 heavy (non-hydrogen) atoms. The zero-order chi connectivity index (χ0) is 14.2. The van der Waals surface area contributed by atoms with E-state index in [0.717, 1.165) is 0 Å². The molecule has 0 bridgehead atoms. The molecule has 0 unspecified atom stereocenters. The Hall–Kier alpha value is -2.63. The highest BCUT2D eigenvalue weighted by atomic mass is 16.3. The predicted octanol–water partition coefficient (Wildman–Crippen LogP) is 1.86. The van der Waals surface area contributed by atoms with Gasteiger partial charge in [-0.3, -0.25) is 9.89 Å². The third-order valence-electron chi connectivity index (χ3n) is 2.49. The average Bonchev–Trinajstić information content (AvgIpc) is 3.09. The summed E-state index contributed by atoms with van der Waals surface area (Å²) in [5, 5.41) is 9.63. The largest absolute Gasteiger partial charge is 0.461 e. The fraction of sp³-hybridized carbons (Fsp3) is 0.214. The molecule has 0 aliphatic rings. The highest BCUT2D eigenvalue weighted by molar-refractivity contribution is 5.87. The van der Waals surface area contributed by atoms with Crippen molar-refractivity contribution in [3.05, 3.63) is 48.5 Å². The summed E-state index contributed by atoms with van der Waals surface area (Å²) in [5.41, 5.74) is 0. The first kappa shape index (κ1) is 13.8. The lowest BCUT2D eigenvalue weighted by Gasteiger charge is -1.98. The van der Waals surface area contributed by atoms with E-state index in [4.69, 9.17) is 4.42 Å². The monoisotopic (exact) mass is 272 g/mol. The maximum absolute atomic E-state index is 11.4. The summed E-state index contributed by atoms with van der Waals surface area (Å²) in [7, 11) is 0. The van der Waals surface area contributed by atoms with Gasteiger partial charge in [-0.25, -0.2) is 4.98 Å². The van der Waals surface area contributed by atoms with E-state index in [1.165, 1.54) is 6.08 Å². The molecule has 0 fully saturated rings. The summed E-state index contributed by atoms with van der Waals surface area (Å²) >= 11 is 0. The van der Waals surface area contributed by atoms with Crippen LogP contribution in [0.2, 0.25) is 0 Å². The van der Waals surface area contributed by atoms with Crippen LogP contribution in [-0.4, -0.2) is 27.6 Å². The Balaban J connectivity index is 1.79. The first-order chi connectivity index (χ1) is 9.79. The van der Waals surface area contributed by atoms with Crippen molar-refractivity contribution in [2.75, 3.05) is 6.54 Å². The molecular weight excluding hydrogens is 256 g/mol. The van der Waals surface area contributed by atoms with Crippen LogP contribution in [-0.2, 0) is 11.2 Å². The van der Waals surface area contributed by atoms with E-state index in [-0.39, 0.29) is 5.91 Å². The van der Waals surface area contributed by atoms with E-state index >= 15 is 0 Å². The molecule has 2 aromatic rings. The number of H-pyrrole nitrogens is 1. The smallest absolute Gasteiger partial charge is 0.243 e. The molecule has 0 aliphatic heterocycles. The van der Waals surface area contributed by atoms with Gasteiger partial charge in [-0.2, -0.15) is 5.10 Å². The lowest BCUT2D eigenvalue weighted by molar-refractivity contribution is -0.116. The molecule has 6 heteroatoms. The number of hydrogen-bond donors (Lipinski definition) is 2. The molecular formula is C14H16N4O2. The second-order valence-corrected chi connectivity index (χ2v) is 4.01. The molecule has 0 saturated heterocycles. The first-order valence-corrected chi connectivity index (χ1v) is 6.32. The van der Waals surface area contributed by atoms with Gasteiger partial charge in [0.2, 0.25) is 11.7 Å². The molecule has 0 saturated carbocycles. The number of allylic oxidation sites excluding steroid dienone is 3. The topological polar surface area (TPSA) is 83.8 Å². The van der Waals surface area contributed by atoms with Crippen LogP contribution in [0.1, 0.15) is 12.7 Å². The van der Waals surface area contributed by atoms with Crippen molar-refractivity contribution in [1.82, 2.24) is 20.5 Å². The highest BCUT2D eigenvalue weighted by Gasteiger charge is 2.07. The van der Waals surface area contributed by atoms with Crippen LogP contribution in [0, 0.1) is 0 Å². The molecule has 0 spiro atoms. The van der Waals surface area contributed by atoms with Crippen LogP contribution in [0.25, 0.3) is 11.6 Å². The van der Waals surface area contributed by atoms with Crippen LogP contribution >= 0.6 is 0 Å². The number of aromatic amines is 1. The van der Waals surface area contributed by atoms with E-state index in [1.54, 1.807) is 30.5 Å². The molecule has 2 rings (SSSR count). The van der Waals surface area contributed by atoms with Gasteiger partial charge in [-0.15, -0.1) is 0 Å². The Morgan fingerprint density at radius 1 is 1.50 bits per heavy atom. The Labute approximate surface area is 116 Å². The Morgan fingerprint density at radius 3 is 3.15 bits per heavy atom. The van der Waals surface area contributed by atoms with E-state index in [2.05, 4.69) is 20.5 Å². The van der Waals surface area contributed by atoms with Crippen molar-refractivity contribution in [2.24, 2.45) is 0 Å². The maximum atomic E-state index is 11.4. The van der Waals surface area contributed by atoms with Gasteiger partial charge in [0.05, 0.1) is 6.26 Å². The Kier molecular flexibility index (Phi) is 4.88. The number of carbonyl (C=O) groups is 1. The number of carbonyl (C=O) groups excluding carboxylic acids is 1. The summed E-state index contributed by atoms with van der Waals surface area (Å²) in [4.78, 5) is 15.7. The van der Waals surface area contributed by atoms with Gasteiger partial charge in [-0.05, 0) is 19.1 Å². The summed E-state index contributed by atoms with van der Waals surface area (Å²) in [6, 6.07) is 3.57. The van der Waals surface area contributed by atoms with Gasteiger partial charge in [0.15, 0.2) is 5.76 Å². The normalized spacial score (nSPS) is 11.4. The zero-order valence-corrected chi connectivity index (χ0v) is 11.2. The first-order valence-electron chi connectivity index (χ1n) is 6.32. The molecule has 104 valence electrons. The fourth-order valence-electron chi connectivity index (χ4n) is 1.54. The van der Waals surface area contributed by atoms with Crippen molar-refractivity contribution in [3.63, 3.8) is 0 Å². The minimum Gasteiger partial charge on any atom is -0.461 e. The second-order valence-electron chi connectivity index (χ2n) is 4.01. The van der Waals surface area contributed by atoms with Gasteiger partial charge in [0.1, 0.15) is 5.82 Å². The van der Waals surface area contributed by atoms with Gasteiger partial charge in [0.25, 0.3) is 0 Å². The van der Waals surface area contributed by atoms with Crippen molar-refractivity contribution in [2.45, 2.75) is 13.3 Å². The molecule has 0 aromatic carbocycles. The molecule has 0 aliphatic carbocycles. The van der Waals surface area contributed by atoms with Crippen molar-refractivity contribution in [1.29, 1.82) is 0 Å². The third kappa shape index (κ3) is 3.94. The standard InChI is InChI=1S/C14H16N4O2/c1-2-3-4-7-13(19)15-9-8-12-16-14(18-17-12)11-6-5-10-20-11/h2-7,10H,8-9H2,1H3,(H,15,19)(H,16,17,18). The van der Waals surface area contributed by atoms with Crippen LogP contribution in [0.4, 0.5) is 0 Å². The lowest BCUT2D eigenvalue weighted by Crippen LogP contribution is -2.23. The lowest BCUT2D eigenvalue weighted by atomic mass is 10.3. The predicted molar refractivity (Wildman–Crippen MR) is 74.8 cm³/mol. The van der Waals surface area contributed by atoms with Gasteiger partial charge in [-0.1, -0.05) is 18.2 Å². The number of nitrogens with one attached hydrogen (secondary N) is 2. The SMILES string of the molecule is CC=CC=CC(=O)NCCc1nc(-c2ccco2)n[nH]1. The quantitative estimate of drug-likeness (QED) is 0.621. The fourth-order valence-corrected chi connectivity index (χ4v) is 1.54. The highest BCUT2D eigenvalue weighted by Crippen LogP contribution is 2.14. The Morgan fingerprint density at radius 2 is 2.40 bits per heavy atom. The van der Waals surface area contributed by atoms with Crippen LogP contribution < -0.4 is 5.32 Å². The minimum absolute atomic E-state index is 0.131. The van der Waals surface area contributed by atoms with Gasteiger partial charge in [0, 0.05) is 19.0 Å². The summed E-state index contributed by atoms with van der Waals surface area (Å²) in [6.07, 6.45) is 8.98. The summed E-state index contributed by atoms with van der Waals surface area (Å²) in [6.45, 7) is 2.38. The molecule has 0 atom stereocenters. The Bertz CT molecular complexity index is 596. The van der Waals surface area contributed by atoms with Crippen LogP contribution in [0.15, 0.2) is 47.1 Å². The number of amides is 1. The van der Waals surface area contributed by atoms with Crippen LogP contribution in [0.5, 0.6) is 0 Å².